The van der Waals surface area contributed by atoms with Crippen LogP contribution >= 0.6 is 35.0 Å². The van der Waals surface area contributed by atoms with E-state index in [1.807, 2.05) is 66.4 Å². The van der Waals surface area contributed by atoms with Crippen molar-refractivity contribution >= 4 is 35.0 Å². The van der Waals surface area contributed by atoms with Crippen LogP contribution in [-0.2, 0) is 0 Å². The standard InChI is InChI=1S/C17H28ClNOS.C6H5Cl/c1-5-15(10-11-21-17(2,3)4)19-16(12-20)13-6-8-14(18)9-7-13;7-6-4-2-1-3-5-6/h6-9,15-16,19-20H,5,10-12H2,1-4H3;1-5H/t15-,16-;/m0./s1. The molecular formula is C23H33Cl2NOS. The van der Waals surface area contributed by atoms with Crippen LogP contribution < -0.4 is 5.32 Å². The minimum absolute atomic E-state index is 0.0214. The first kappa shape index (κ1) is 25.3. The van der Waals surface area contributed by atoms with Gasteiger partial charge in [-0.1, -0.05) is 81.2 Å². The smallest absolute Gasteiger partial charge is 0.0626 e. The third kappa shape index (κ3) is 11.3. The molecule has 0 radical (unpaired) electrons. The van der Waals surface area contributed by atoms with Gasteiger partial charge < -0.3 is 10.4 Å². The summed E-state index contributed by atoms with van der Waals surface area (Å²) in [5, 5.41) is 14.7. The van der Waals surface area contributed by atoms with Gasteiger partial charge in [-0.15, -0.1) is 0 Å². The lowest BCUT2D eigenvalue weighted by Crippen LogP contribution is -2.35. The minimum Gasteiger partial charge on any atom is -0.394 e. The molecule has 2 nitrogen and oxygen atoms in total. The maximum absolute atomic E-state index is 9.65. The van der Waals surface area contributed by atoms with Crippen LogP contribution in [0.1, 0.15) is 52.1 Å². The lowest BCUT2D eigenvalue weighted by molar-refractivity contribution is 0.230. The predicted molar refractivity (Wildman–Crippen MR) is 127 cm³/mol. The summed E-state index contributed by atoms with van der Waals surface area (Å²) < 4.78 is 0.310. The van der Waals surface area contributed by atoms with E-state index in [1.54, 1.807) is 0 Å². The Morgan fingerprint density at radius 1 is 0.964 bits per heavy atom. The molecule has 2 aromatic rings. The molecule has 0 spiro atoms. The summed E-state index contributed by atoms with van der Waals surface area (Å²) in [6.07, 6.45) is 2.18. The molecule has 0 aromatic heterocycles. The highest BCUT2D eigenvalue weighted by Gasteiger charge is 2.17. The summed E-state index contributed by atoms with van der Waals surface area (Å²) in [5.74, 6) is 1.13. The van der Waals surface area contributed by atoms with E-state index in [1.165, 1.54) is 0 Å². The Kier molecular flexibility index (Phi) is 12.2. The average Bonchev–Trinajstić information content (AvgIpc) is 2.65. The van der Waals surface area contributed by atoms with E-state index in [4.69, 9.17) is 23.2 Å². The van der Waals surface area contributed by atoms with Crippen molar-refractivity contribution in [3.63, 3.8) is 0 Å². The maximum Gasteiger partial charge on any atom is 0.0626 e. The molecule has 2 rings (SSSR count). The van der Waals surface area contributed by atoms with Gasteiger partial charge in [0.1, 0.15) is 0 Å². The van der Waals surface area contributed by atoms with Crippen LogP contribution in [0.4, 0.5) is 0 Å². The van der Waals surface area contributed by atoms with E-state index in [9.17, 15) is 5.11 Å². The van der Waals surface area contributed by atoms with Crippen LogP contribution in [0.15, 0.2) is 54.6 Å². The predicted octanol–water partition coefficient (Wildman–Crippen LogP) is 7.00. The van der Waals surface area contributed by atoms with Crippen LogP contribution in [0.5, 0.6) is 0 Å². The second kappa shape index (κ2) is 13.5. The molecule has 5 heteroatoms. The first-order chi connectivity index (χ1) is 13.2. The van der Waals surface area contributed by atoms with Crippen LogP contribution in [0.3, 0.4) is 0 Å². The molecule has 0 unspecified atom stereocenters. The molecule has 0 heterocycles. The number of hydrogen-bond acceptors (Lipinski definition) is 3. The van der Waals surface area contributed by atoms with E-state index in [-0.39, 0.29) is 12.6 Å². The van der Waals surface area contributed by atoms with Gasteiger partial charge in [0.15, 0.2) is 0 Å². The monoisotopic (exact) mass is 441 g/mol. The molecule has 0 aliphatic carbocycles. The van der Waals surface area contributed by atoms with Gasteiger partial charge in [-0.2, -0.15) is 11.8 Å². The highest BCUT2D eigenvalue weighted by atomic mass is 35.5. The molecule has 28 heavy (non-hydrogen) atoms. The van der Waals surface area contributed by atoms with Crippen molar-refractivity contribution in [3.05, 3.63) is 70.2 Å². The molecule has 0 aliphatic heterocycles. The van der Waals surface area contributed by atoms with Gasteiger partial charge in [0.25, 0.3) is 0 Å². The number of hydrogen-bond donors (Lipinski definition) is 2. The molecule has 2 aromatic carbocycles. The van der Waals surface area contributed by atoms with Crippen molar-refractivity contribution in [2.75, 3.05) is 12.4 Å². The quantitative estimate of drug-likeness (QED) is 0.462. The van der Waals surface area contributed by atoms with Gasteiger partial charge in [-0.3, -0.25) is 0 Å². The van der Waals surface area contributed by atoms with Crippen LogP contribution in [0, 0.1) is 0 Å². The fourth-order valence-corrected chi connectivity index (χ4v) is 3.85. The van der Waals surface area contributed by atoms with Gasteiger partial charge in [-0.05, 0) is 48.4 Å². The van der Waals surface area contributed by atoms with E-state index in [0.29, 0.717) is 10.8 Å². The third-order valence-electron chi connectivity index (χ3n) is 4.12. The number of rotatable bonds is 8. The van der Waals surface area contributed by atoms with Gasteiger partial charge >= 0.3 is 0 Å². The Labute approximate surface area is 185 Å². The Morgan fingerprint density at radius 2 is 1.54 bits per heavy atom. The number of aliphatic hydroxyl groups is 1. The Morgan fingerprint density at radius 3 is 1.96 bits per heavy atom. The van der Waals surface area contributed by atoms with Crippen molar-refractivity contribution < 1.29 is 5.11 Å². The van der Waals surface area contributed by atoms with Crippen molar-refractivity contribution in [2.45, 2.75) is 57.4 Å². The molecular weight excluding hydrogens is 409 g/mol. The zero-order chi connectivity index (χ0) is 21.0. The minimum atomic E-state index is -0.0214. The molecule has 0 aliphatic rings. The van der Waals surface area contributed by atoms with Crippen LogP contribution in [0.2, 0.25) is 10.0 Å². The number of nitrogens with one attached hydrogen (secondary N) is 1. The second-order valence-corrected chi connectivity index (χ2v) is 10.4. The van der Waals surface area contributed by atoms with Crippen molar-refractivity contribution in [2.24, 2.45) is 0 Å². The second-order valence-electron chi connectivity index (χ2n) is 7.60. The largest absolute Gasteiger partial charge is 0.394 e. The van der Waals surface area contributed by atoms with E-state index in [2.05, 4.69) is 33.0 Å². The molecule has 2 atom stereocenters. The molecule has 0 amide bonds. The number of aliphatic hydroxyl groups excluding tert-OH is 1. The fraction of sp³-hybridized carbons (Fsp3) is 0.478. The third-order valence-corrected chi connectivity index (χ3v) is 5.93. The zero-order valence-corrected chi connectivity index (χ0v) is 19.6. The summed E-state index contributed by atoms with van der Waals surface area (Å²) >= 11 is 13.4. The number of thioether (sulfide) groups is 1. The Balaban J connectivity index is 0.000000467. The van der Waals surface area contributed by atoms with Gasteiger partial charge in [-0.25, -0.2) is 0 Å². The highest BCUT2D eigenvalue weighted by Crippen LogP contribution is 2.25. The van der Waals surface area contributed by atoms with Crippen molar-refractivity contribution in [3.8, 4) is 0 Å². The molecule has 0 saturated heterocycles. The molecule has 0 fully saturated rings. The summed E-state index contributed by atoms with van der Waals surface area (Å²) in [5.41, 5.74) is 1.09. The molecule has 0 saturated carbocycles. The van der Waals surface area contributed by atoms with Crippen molar-refractivity contribution in [1.29, 1.82) is 0 Å². The van der Waals surface area contributed by atoms with Gasteiger partial charge in [0, 0.05) is 20.8 Å². The van der Waals surface area contributed by atoms with Gasteiger partial charge in [0.2, 0.25) is 0 Å². The first-order valence-corrected chi connectivity index (χ1v) is 11.5. The zero-order valence-electron chi connectivity index (χ0n) is 17.3. The number of halogens is 2. The topological polar surface area (TPSA) is 32.3 Å². The van der Waals surface area contributed by atoms with E-state index in [0.717, 1.165) is 34.2 Å². The van der Waals surface area contributed by atoms with Crippen LogP contribution in [0.25, 0.3) is 0 Å². The molecule has 156 valence electrons. The maximum atomic E-state index is 9.65. The van der Waals surface area contributed by atoms with Gasteiger partial charge in [0.05, 0.1) is 12.6 Å². The summed E-state index contributed by atoms with van der Waals surface area (Å²) in [4.78, 5) is 0. The molecule has 0 bridgehead atoms. The fourth-order valence-electron chi connectivity index (χ4n) is 2.56. The van der Waals surface area contributed by atoms with Crippen LogP contribution in [-0.4, -0.2) is 28.3 Å². The van der Waals surface area contributed by atoms with E-state index >= 15 is 0 Å². The first-order valence-electron chi connectivity index (χ1n) is 9.72. The van der Waals surface area contributed by atoms with Crippen molar-refractivity contribution in [1.82, 2.24) is 5.32 Å². The average molecular weight is 442 g/mol. The van der Waals surface area contributed by atoms with E-state index < -0.39 is 0 Å². The lowest BCUT2D eigenvalue weighted by Gasteiger charge is -2.25. The lowest BCUT2D eigenvalue weighted by atomic mass is 10.0. The summed E-state index contributed by atoms with van der Waals surface area (Å²) in [6.45, 7) is 9.03. The molecule has 2 N–H and O–H groups in total. The summed E-state index contributed by atoms with van der Waals surface area (Å²) in [7, 11) is 0. The Bertz CT molecular complexity index is 644. The summed E-state index contributed by atoms with van der Waals surface area (Å²) in [6, 6.07) is 17.5. The highest BCUT2D eigenvalue weighted by molar-refractivity contribution is 8.00. The normalized spacial score (nSPS) is 13.4. The Hall–Kier alpha value is -0.710. The number of benzene rings is 2. The SMILES string of the molecule is CC[C@@H](CCSC(C)(C)C)N[C@@H](CO)c1ccc(Cl)cc1.Clc1ccccc1.